The van der Waals surface area contributed by atoms with Gasteiger partial charge >= 0.3 is 0 Å². The fourth-order valence-corrected chi connectivity index (χ4v) is 2.31. The number of nitrogens with one attached hydrogen (secondary N) is 2. The molecule has 0 aromatic carbocycles. The van der Waals surface area contributed by atoms with Crippen LogP contribution in [0.5, 0.6) is 0 Å². The van der Waals surface area contributed by atoms with E-state index in [2.05, 4.69) is 34.4 Å². The number of carbonyl (C=O) groups is 1. The zero-order chi connectivity index (χ0) is 14.5. The van der Waals surface area contributed by atoms with Crippen molar-refractivity contribution in [3.8, 4) is 0 Å². The molecule has 0 aliphatic carbocycles. The number of aryl methyl sites for hydroxylation is 1. The topological polar surface area (TPSA) is 66.9 Å². The Morgan fingerprint density at radius 1 is 1.40 bits per heavy atom. The molecule has 2 rings (SSSR count). The number of anilines is 2. The summed E-state index contributed by atoms with van der Waals surface area (Å²) in [5, 5.41) is 6.81. The van der Waals surface area contributed by atoms with Crippen molar-refractivity contribution in [2.24, 2.45) is 5.92 Å². The lowest BCUT2D eigenvalue weighted by Crippen LogP contribution is -2.16. The molecule has 0 aliphatic heterocycles. The minimum Gasteiger partial charge on any atom is -0.375 e. The first-order valence-corrected chi connectivity index (χ1v) is 7.36. The van der Waals surface area contributed by atoms with Crippen molar-refractivity contribution in [3.63, 3.8) is 0 Å². The van der Waals surface area contributed by atoms with Gasteiger partial charge in [0.15, 0.2) is 5.69 Å². The number of hydrogen-bond acceptors (Lipinski definition) is 5. The number of carbonyl (C=O) groups excluding carboxylic acids is 1. The molecule has 0 saturated carbocycles. The van der Waals surface area contributed by atoms with Crippen molar-refractivity contribution in [2.75, 3.05) is 17.2 Å². The number of thiazole rings is 1. The number of rotatable bonds is 5. The van der Waals surface area contributed by atoms with Crippen LogP contribution >= 0.6 is 11.3 Å². The van der Waals surface area contributed by atoms with Gasteiger partial charge in [0.1, 0.15) is 10.8 Å². The molecule has 0 aliphatic rings. The van der Waals surface area contributed by atoms with Crippen LogP contribution in [0.2, 0.25) is 0 Å². The summed E-state index contributed by atoms with van der Waals surface area (Å²) < 4.78 is 0. The molecule has 2 aromatic heterocycles. The maximum absolute atomic E-state index is 12.2. The van der Waals surface area contributed by atoms with Crippen LogP contribution in [0.1, 0.15) is 30.0 Å². The Morgan fingerprint density at radius 2 is 2.20 bits per heavy atom. The van der Waals surface area contributed by atoms with Crippen LogP contribution in [0, 0.1) is 12.8 Å². The Kier molecular flexibility index (Phi) is 4.68. The van der Waals surface area contributed by atoms with Crippen LogP contribution in [0.25, 0.3) is 0 Å². The van der Waals surface area contributed by atoms with Crippen molar-refractivity contribution >= 4 is 28.1 Å². The highest BCUT2D eigenvalue weighted by Gasteiger charge is 2.15. The van der Waals surface area contributed by atoms with E-state index in [9.17, 15) is 4.79 Å². The minimum absolute atomic E-state index is 0.240. The Hall–Kier alpha value is -1.95. The zero-order valence-electron chi connectivity index (χ0n) is 11.8. The maximum Gasteiger partial charge on any atom is 0.278 e. The molecule has 0 saturated heterocycles. The van der Waals surface area contributed by atoms with Crippen LogP contribution in [0.4, 0.5) is 10.8 Å². The number of aromatic nitrogens is 2. The van der Waals surface area contributed by atoms with Crippen molar-refractivity contribution in [1.29, 1.82) is 0 Å². The molecule has 0 spiro atoms. The summed E-state index contributed by atoms with van der Waals surface area (Å²) in [6.07, 6.45) is 0. The molecule has 1 amide bonds. The molecule has 20 heavy (non-hydrogen) atoms. The largest absolute Gasteiger partial charge is 0.375 e. The van der Waals surface area contributed by atoms with Gasteiger partial charge in [0.05, 0.1) is 5.51 Å². The smallest absolute Gasteiger partial charge is 0.278 e. The summed E-state index contributed by atoms with van der Waals surface area (Å²) in [6.45, 7) is 6.92. The van der Waals surface area contributed by atoms with Gasteiger partial charge < -0.3 is 10.6 Å². The molecule has 106 valence electrons. The van der Waals surface area contributed by atoms with Gasteiger partial charge in [0.2, 0.25) is 0 Å². The van der Waals surface area contributed by atoms with E-state index < -0.39 is 0 Å². The van der Waals surface area contributed by atoms with Crippen molar-refractivity contribution in [1.82, 2.24) is 9.97 Å². The standard InChI is InChI=1S/C14H18N4OS/c1-9(2)7-15-14-12(16-8-20-14)13(19)18-11-6-4-5-10(3)17-11/h4-6,8-9,15H,7H2,1-3H3,(H,17,18,19). The Bertz CT molecular complexity index is 594. The molecule has 2 heterocycles. The minimum atomic E-state index is -0.240. The lowest BCUT2D eigenvalue weighted by atomic mass is 10.2. The second-order valence-corrected chi connectivity index (χ2v) is 5.78. The number of hydrogen-bond donors (Lipinski definition) is 2. The van der Waals surface area contributed by atoms with Gasteiger partial charge in [-0.25, -0.2) is 9.97 Å². The van der Waals surface area contributed by atoms with E-state index in [1.807, 2.05) is 19.1 Å². The highest BCUT2D eigenvalue weighted by molar-refractivity contribution is 7.14. The predicted octanol–water partition coefficient (Wildman–Crippen LogP) is 3.17. The first kappa shape index (κ1) is 14.5. The predicted molar refractivity (Wildman–Crippen MR) is 82.4 cm³/mol. The molecular formula is C14H18N4OS. The fourth-order valence-electron chi connectivity index (χ4n) is 1.62. The SMILES string of the molecule is Cc1cccc(NC(=O)c2ncsc2NCC(C)C)n1. The van der Waals surface area contributed by atoms with Gasteiger partial charge in [-0.3, -0.25) is 4.79 Å². The van der Waals surface area contributed by atoms with Crippen molar-refractivity contribution in [2.45, 2.75) is 20.8 Å². The van der Waals surface area contributed by atoms with Crippen molar-refractivity contribution in [3.05, 3.63) is 35.1 Å². The maximum atomic E-state index is 12.2. The zero-order valence-corrected chi connectivity index (χ0v) is 12.6. The van der Waals surface area contributed by atoms with E-state index in [0.29, 0.717) is 17.4 Å². The first-order valence-electron chi connectivity index (χ1n) is 6.48. The van der Waals surface area contributed by atoms with Crippen LogP contribution in [0.15, 0.2) is 23.7 Å². The molecule has 6 heteroatoms. The van der Waals surface area contributed by atoms with Gasteiger partial charge in [0.25, 0.3) is 5.91 Å². The van der Waals surface area contributed by atoms with Crippen LogP contribution in [0.3, 0.4) is 0 Å². The molecule has 2 N–H and O–H groups in total. The van der Waals surface area contributed by atoms with Crippen LogP contribution in [-0.4, -0.2) is 22.4 Å². The van der Waals surface area contributed by atoms with E-state index in [0.717, 1.165) is 17.2 Å². The van der Waals surface area contributed by atoms with Crippen molar-refractivity contribution < 1.29 is 4.79 Å². The molecule has 0 unspecified atom stereocenters. The van der Waals surface area contributed by atoms with E-state index in [1.54, 1.807) is 11.6 Å². The number of nitrogens with zero attached hydrogens (tertiary/aromatic N) is 2. The molecule has 5 nitrogen and oxygen atoms in total. The summed E-state index contributed by atoms with van der Waals surface area (Å²) >= 11 is 1.43. The van der Waals surface area contributed by atoms with Gasteiger partial charge in [-0.05, 0) is 25.0 Å². The summed E-state index contributed by atoms with van der Waals surface area (Å²) in [6, 6.07) is 5.50. The van der Waals surface area contributed by atoms with Crippen LogP contribution in [-0.2, 0) is 0 Å². The molecule has 0 bridgehead atoms. The molecular weight excluding hydrogens is 272 g/mol. The molecule has 0 fully saturated rings. The lowest BCUT2D eigenvalue weighted by Gasteiger charge is -2.08. The average molecular weight is 290 g/mol. The van der Waals surface area contributed by atoms with E-state index in [4.69, 9.17) is 0 Å². The number of amides is 1. The Labute approximate surface area is 122 Å². The lowest BCUT2D eigenvalue weighted by molar-refractivity contribution is 0.102. The summed E-state index contributed by atoms with van der Waals surface area (Å²) in [4.78, 5) is 20.6. The number of pyridine rings is 1. The monoisotopic (exact) mass is 290 g/mol. The fraction of sp³-hybridized carbons (Fsp3) is 0.357. The van der Waals surface area contributed by atoms with Gasteiger partial charge in [-0.2, -0.15) is 0 Å². The Balaban J connectivity index is 2.08. The molecule has 0 atom stereocenters. The third-order valence-electron chi connectivity index (χ3n) is 2.58. The van der Waals surface area contributed by atoms with Gasteiger partial charge in [0, 0.05) is 12.2 Å². The van der Waals surface area contributed by atoms with E-state index in [1.165, 1.54) is 11.3 Å². The Morgan fingerprint density at radius 3 is 2.90 bits per heavy atom. The molecule has 2 aromatic rings. The van der Waals surface area contributed by atoms with Gasteiger partial charge in [-0.1, -0.05) is 19.9 Å². The summed E-state index contributed by atoms with van der Waals surface area (Å²) in [7, 11) is 0. The second-order valence-electron chi connectivity index (χ2n) is 4.92. The highest BCUT2D eigenvalue weighted by atomic mass is 32.1. The van der Waals surface area contributed by atoms with Crippen LogP contribution < -0.4 is 10.6 Å². The average Bonchev–Trinajstić information content (AvgIpc) is 2.84. The summed E-state index contributed by atoms with van der Waals surface area (Å²) in [5.41, 5.74) is 2.94. The van der Waals surface area contributed by atoms with E-state index >= 15 is 0 Å². The normalized spacial score (nSPS) is 10.6. The second kappa shape index (κ2) is 6.47. The quantitative estimate of drug-likeness (QED) is 0.887. The summed E-state index contributed by atoms with van der Waals surface area (Å²) in [5.74, 6) is 0.805. The van der Waals surface area contributed by atoms with E-state index in [-0.39, 0.29) is 5.91 Å². The van der Waals surface area contributed by atoms with Gasteiger partial charge in [-0.15, -0.1) is 11.3 Å². The molecule has 0 radical (unpaired) electrons. The third kappa shape index (κ3) is 3.77. The first-order chi connectivity index (χ1) is 9.56. The third-order valence-corrected chi connectivity index (χ3v) is 3.37. The highest BCUT2D eigenvalue weighted by Crippen LogP contribution is 2.21.